The summed E-state index contributed by atoms with van der Waals surface area (Å²) in [6.45, 7) is 4.06. The monoisotopic (exact) mass is 359 g/mol. The maximum absolute atomic E-state index is 6.15. The minimum atomic E-state index is 0.372. The summed E-state index contributed by atoms with van der Waals surface area (Å²) in [5, 5.41) is 4.35. The first-order chi connectivity index (χ1) is 9.69. The fourth-order valence-electron chi connectivity index (χ4n) is 2.83. The largest absolute Gasteiger partial charge is 0.378 e. The van der Waals surface area contributed by atoms with E-state index in [2.05, 4.69) is 40.3 Å². The second-order valence-corrected chi connectivity index (χ2v) is 6.73. The fraction of sp³-hybridized carbons (Fsp3) is 0.625. The normalized spacial score (nSPS) is 20.2. The molecule has 0 saturated carbocycles. The molecule has 2 atom stereocenters. The van der Waals surface area contributed by atoms with Crippen LogP contribution in [-0.4, -0.2) is 19.3 Å². The predicted molar refractivity (Wildman–Crippen MR) is 88.4 cm³/mol. The second-order valence-electron chi connectivity index (χ2n) is 5.38. The Kier molecular flexibility index (Phi) is 6.82. The van der Waals surface area contributed by atoms with Crippen LogP contribution in [0.4, 0.5) is 0 Å². The first-order valence-corrected chi connectivity index (χ1v) is 8.67. The molecule has 2 rings (SSSR count). The summed E-state index contributed by atoms with van der Waals surface area (Å²) in [6.07, 6.45) is 6.43. The Bertz CT molecular complexity index is 401. The average Bonchev–Trinajstić information content (AvgIpc) is 2.89. The van der Waals surface area contributed by atoms with Gasteiger partial charge in [0.15, 0.2) is 0 Å². The molecule has 1 fully saturated rings. The van der Waals surface area contributed by atoms with E-state index in [4.69, 9.17) is 16.3 Å². The molecule has 1 heterocycles. The van der Waals surface area contributed by atoms with Crippen LogP contribution in [0.15, 0.2) is 22.7 Å². The third-order valence-corrected chi connectivity index (χ3v) is 4.46. The van der Waals surface area contributed by atoms with E-state index >= 15 is 0 Å². The van der Waals surface area contributed by atoms with Crippen molar-refractivity contribution in [1.29, 1.82) is 0 Å². The first-order valence-electron chi connectivity index (χ1n) is 7.50. The van der Waals surface area contributed by atoms with E-state index < -0.39 is 0 Å². The molecule has 0 aliphatic carbocycles. The van der Waals surface area contributed by atoms with E-state index in [1.54, 1.807) is 0 Å². The van der Waals surface area contributed by atoms with Crippen molar-refractivity contribution in [3.63, 3.8) is 0 Å². The zero-order valence-electron chi connectivity index (χ0n) is 12.0. The standard InChI is InChI=1S/C16H23BrClNO/c1-2-19-16(7-3-5-15-6-4-8-20-15)12-9-13(17)11-14(18)10-12/h9-11,15-16,19H,2-8H2,1H3. The van der Waals surface area contributed by atoms with Crippen molar-refractivity contribution < 1.29 is 4.74 Å². The Hall–Kier alpha value is -0.0900. The Labute approximate surface area is 135 Å². The Morgan fingerprint density at radius 1 is 1.45 bits per heavy atom. The molecule has 2 unspecified atom stereocenters. The van der Waals surface area contributed by atoms with E-state index in [1.807, 2.05) is 6.07 Å². The summed E-state index contributed by atoms with van der Waals surface area (Å²) in [4.78, 5) is 0. The van der Waals surface area contributed by atoms with Gasteiger partial charge in [-0.3, -0.25) is 0 Å². The van der Waals surface area contributed by atoms with Gasteiger partial charge in [0, 0.05) is 22.1 Å². The number of halogens is 2. The van der Waals surface area contributed by atoms with E-state index in [0.717, 1.165) is 29.1 Å². The van der Waals surface area contributed by atoms with E-state index in [-0.39, 0.29) is 0 Å². The van der Waals surface area contributed by atoms with Crippen molar-refractivity contribution in [3.8, 4) is 0 Å². The van der Waals surface area contributed by atoms with Gasteiger partial charge in [0.25, 0.3) is 0 Å². The molecule has 0 amide bonds. The minimum absolute atomic E-state index is 0.372. The molecule has 0 bridgehead atoms. The molecular weight excluding hydrogens is 338 g/mol. The Morgan fingerprint density at radius 3 is 2.95 bits per heavy atom. The molecule has 4 heteroatoms. The molecule has 1 N–H and O–H groups in total. The zero-order valence-corrected chi connectivity index (χ0v) is 14.3. The van der Waals surface area contributed by atoms with Gasteiger partial charge in [0.2, 0.25) is 0 Å². The van der Waals surface area contributed by atoms with Crippen LogP contribution < -0.4 is 5.32 Å². The number of benzene rings is 1. The van der Waals surface area contributed by atoms with Crippen molar-refractivity contribution in [2.24, 2.45) is 0 Å². The van der Waals surface area contributed by atoms with Gasteiger partial charge in [-0.05, 0) is 62.4 Å². The van der Waals surface area contributed by atoms with Crippen LogP contribution in [-0.2, 0) is 4.74 Å². The average molecular weight is 361 g/mol. The fourth-order valence-corrected chi connectivity index (χ4v) is 3.72. The Morgan fingerprint density at radius 2 is 2.30 bits per heavy atom. The van der Waals surface area contributed by atoms with E-state index in [9.17, 15) is 0 Å². The van der Waals surface area contributed by atoms with Crippen LogP contribution in [0.1, 0.15) is 50.6 Å². The highest BCUT2D eigenvalue weighted by Gasteiger charge is 2.17. The van der Waals surface area contributed by atoms with Crippen LogP contribution in [0, 0.1) is 0 Å². The maximum atomic E-state index is 6.15. The topological polar surface area (TPSA) is 21.3 Å². The highest BCUT2D eigenvalue weighted by molar-refractivity contribution is 9.10. The lowest BCUT2D eigenvalue weighted by Crippen LogP contribution is -2.21. The molecule has 1 aromatic carbocycles. The van der Waals surface area contributed by atoms with Crippen molar-refractivity contribution in [1.82, 2.24) is 5.32 Å². The molecule has 1 saturated heterocycles. The molecule has 0 spiro atoms. The summed E-state index contributed by atoms with van der Waals surface area (Å²) >= 11 is 9.68. The molecule has 0 aromatic heterocycles. The van der Waals surface area contributed by atoms with Crippen LogP contribution in [0.3, 0.4) is 0 Å². The predicted octanol–water partition coefficient (Wildman–Crippen LogP) is 5.10. The lowest BCUT2D eigenvalue weighted by molar-refractivity contribution is 0.101. The molecule has 0 radical (unpaired) electrons. The van der Waals surface area contributed by atoms with Gasteiger partial charge in [-0.15, -0.1) is 0 Å². The van der Waals surface area contributed by atoms with Gasteiger partial charge in [-0.2, -0.15) is 0 Å². The maximum Gasteiger partial charge on any atom is 0.0576 e. The van der Waals surface area contributed by atoms with Crippen LogP contribution in [0.5, 0.6) is 0 Å². The number of hydrogen-bond donors (Lipinski definition) is 1. The van der Waals surface area contributed by atoms with Crippen molar-refractivity contribution in [2.45, 2.75) is 51.2 Å². The number of ether oxygens (including phenoxy) is 1. The van der Waals surface area contributed by atoms with Crippen molar-refractivity contribution in [2.75, 3.05) is 13.2 Å². The third-order valence-electron chi connectivity index (χ3n) is 3.78. The Balaban J connectivity index is 1.91. The summed E-state index contributed by atoms with van der Waals surface area (Å²) < 4.78 is 6.73. The third kappa shape index (κ3) is 5.03. The van der Waals surface area contributed by atoms with Crippen LogP contribution in [0.25, 0.3) is 0 Å². The molecule has 112 valence electrons. The van der Waals surface area contributed by atoms with Gasteiger partial charge >= 0.3 is 0 Å². The highest BCUT2D eigenvalue weighted by atomic mass is 79.9. The van der Waals surface area contributed by atoms with Gasteiger partial charge < -0.3 is 10.1 Å². The number of rotatable bonds is 7. The van der Waals surface area contributed by atoms with E-state index in [1.165, 1.54) is 31.2 Å². The zero-order chi connectivity index (χ0) is 14.4. The lowest BCUT2D eigenvalue weighted by Gasteiger charge is -2.20. The smallest absolute Gasteiger partial charge is 0.0576 e. The lowest BCUT2D eigenvalue weighted by atomic mass is 9.99. The second kappa shape index (κ2) is 8.38. The first kappa shape index (κ1) is 16.3. The number of hydrogen-bond acceptors (Lipinski definition) is 2. The summed E-state index contributed by atoms with van der Waals surface area (Å²) in [5.74, 6) is 0. The van der Waals surface area contributed by atoms with Crippen molar-refractivity contribution >= 4 is 27.5 Å². The molecule has 1 aromatic rings. The van der Waals surface area contributed by atoms with Gasteiger partial charge in [0.1, 0.15) is 0 Å². The molecule has 1 aliphatic heterocycles. The summed E-state index contributed by atoms with van der Waals surface area (Å²) in [6, 6.07) is 6.52. The van der Waals surface area contributed by atoms with Gasteiger partial charge in [0.05, 0.1) is 6.10 Å². The summed E-state index contributed by atoms with van der Waals surface area (Å²) in [7, 11) is 0. The molecule has 1 aliphatic rings. The van der Waals surface area contributed by atoms with Crippen LogP contribution in [0.2, 0.25) is 5.02 Å². The molecule has 20 heavy (non-hydrogen) atoms. The minimum Gasteiger partial charge on any atom is -0.378 e. The van der Waals surface area contributed by atoms with Crippen LogP contribution >= 0.6 is 27.5 Å². The number of nitrogens with one attached hydrogen (secondary N) is 1. The summed E-state index contributed by atoms with van der Waals surface area (Å²) in [5.41, 5.74) is 1.26. The quantitative estimate of drug-likeness (QED) is 0.730. The molecular formula is C16H23BrClNO. The highest BCUT2D eigenvalue weighted by Crippen LogP contribution is 2.28. The van der Waals surface area contributed by atoms with Crippen molar-refractivity contribution in [3.05, 3.63) is 33.3 Å². The van der Waals surface area contributed by atoms with E-state index in [0.29, 0.717) is 12.1 Å². The van der Waals surface area contributed by atoms with Gasteiger partial charge in [-0.1, -0.05) is 34.5 Å². The SMILES string of the molecule is CCNC(CCCC1CCCO1)c1cc(Cl)cc(Br)c1. The van der Waals surface area contributed by atoms with Gasteiger partial charge in [-0.25, -0.2) is 0 Å². The molecule has 2 nitrogen and oxygen atoms in total.